The van der Waals surface area contributed by atoms with Gasteiger partial charge in [-0.05, 0) is 18.2 Å². The SMILES string of the molecule is O=C(Cn1nnc2ccccc21)NN=Cc1cc([N+](=O)[O-])ccc1O. The molecule has 0 bridgehead atoms. The number of rotatable bonds is 5. The number of hydrazone groups is 1. The van der Waals surface area contributed by atoms with E-state index in [1.807, 2.05) is 12.1 Å². The number of phenolic OH excluding ortho intramolecular Hbond substituents is 1. The molecule has 2 N–H and O–H groups in total. The van der Waals surface area contributed by atoms with Gasteiger partial charge in [-0.25, -0.2) is 10.1 Å². The number of aromatic nitrogens is 3. The summed E-state index contributed by atoms with van der Waals surface area (Å²) in [6.07, 6.45) is 1.12. The maximum atomic E-state index is 11.9. The molecule has 2 aromatic carbocycles. The molecule has 3 aromatic rings. The summed E-state index contributed by atoms with van der Waals surface area (Å²) in [6.45, 7) is -0.0984. The van der Waals surface area contributed by atoms with Crippen LogP contribution in [-0.2, 0) is 11.3 Å². The molecule has 1 aromatic heterocycles. The number of non-ortho nitro benzene ring substituents is 1. The third-order valence-corrected chi connectivity index (χ3v) is 3.33. The predicted octanol–water partition coefficient (Wildman–Crippen LogP) is 1.20. The second-order valence-corrected chi connectivity index (χ2v) is 5.03. The Labute approximate surface area is 140 Å². The van der Waals surface area contributed by atoms with E-state index in [0.29, 0.717) is 11.0 Å². The average Bonchev–Trinajstić information content (AvgIpc) is 2.99. The second kappa shape index (κ2) is 6.74. The van der Waals surface area contributed by atoms with Crippen LogP contribution in [0.4, 0.5) is 5.69 Å². The predicted molar refractivity (Wildman–Crippen MR) is 88.0 cm³/mol. The lowest BCUT2D eigenvalue weighted by atomic mass is 10.2. The number of para-hydroxylation sites is 1. The van der Waals surface area contributed by atoms with Crippen molar-refractivity contribution in [3.8, 4) is 5.75 Å². The fourth-order valence-corrected chi connectivity index (χ4v) is 2.14. The van der Waals surface area contributed by atoms with Crippen LogP contribution in [0.2, 0.25) is 0 Å². The molecule has 0 atom stereocenters. The molecule has 10 heteroatoms. The Balaban J connectivity index is 1.67. The Kier molecular flexibility index (Phi) is 4.33. The van der Waals surface area contributed by atoms with E-state index in [2.05, 4.69) is 20.8 Å². The summed E-state index contributed by atoms with van der Waals surface area (Å²) in [5.74, 6) is -0.650. The molecule has 1 amide bonds. The number of nitrogens with zero attached hydrogens (tertiary/aromatic N) is 5. The summed E-state index contributed by atoms with van der Waals surface area (Å²) in [5.41, 5.74) is 3.56. The minimum absolute atomic E-state index is 0.0984. The summed E-state index contributed by atoms with van der Waals surface area (Å²) in [4.78, 5) is 22.1. The standard InChI is InChI=1S/C15H12N6O4/c22-14-6-5-11(21(24)25)7-10(14)8-16-18-15(23)9-20-13-4-2-1-3-12(13)17-19-20/h1-8,22H,9H2,(H,18,23). The molecular formula is C15H12N6O4. The van der Waals surface area contributed by atoms with Gasteiger partial charge in [0, 0.05) is 17.7 Å². The minimum atomic E-state index is -0.592. The van der Waals surface area contributed by atoms with Crippen molar-refractivity contribution in [3.63, 3.8) is 0 Å². The normalized spacial score (nSPS) is 11.0. The van der Waals surface area contributed by atoms with Gasteiger partial charge in [-0.2, -0.15) is 5.10 Å². The maximum absolute atomic E-state index is 11.9. The van der Waals surface area contributed by atoms with Crippen LogP contribution in [0.15, 0.2) is 47.6 Å². The summed E-state index contributed by atoms with van der Waals surface area (Å²) >= 11 is 0. The Morgan fingerprint density at radius 3 is 2.96 bits per heavy atom. The molecule has 3 rings (SSSR count). The van der Waals surface area contributed by atoms with Gasteiger partial charge in [-0.15, -0.1) is 5.10 Å². The highest BCUT2D eigenvalue weighted by molar-refractivity contribution is 5.86. The maximum Gasteiger partial charge on any atom is 0.270 e. The quantitative estimate of drug-likeness (QED) is 0.407. The van der Waals surface area contributed by atoms with Crippen molar-refractivity contribution in [2.45, 2.75) is 6.54 Å². The number of benzene rings is 2. The summed E-state index contributed by atoms with van der Waals surface area (Å²) in [5, 5.41) is 31.9. The number of hydrogen-bond donors (Lipinski definition) is 2. The minimum Gasteiger partial charge on any atom is -0.507 e. The van der Waals surface area contributed by atoms with Gasteiger partial charge in [0.2, 0.25) is 0 Å². The van der Waals surface area contributed by atoms with E-state index in [1.54, 1.807) is 12.1 Å². The number of phenols is 1. The highest BCUT2D eigenvalue weighted by Crippen LogP contribution is 2.21. The van der Waals surface area contributed by atoms with Crippen molar-refractivity contribution in [1.82, 2.24) is 20.4 Å². The van der Waals surface area contributed by atoms with E-state index in [-0.39, 0.29) is 23.5 Å². The van der Waals surface area contributed by atoms with Crippen molar-refractivity contribution in [3.05, 3.63) is 58.1 Å². The van der Waals surface area contributed by atoms with Gasteiger partial charge in [-0.3, -0.25) is 14.9 Å². The Bertz CT molecular complexity index is 981. The van der Waals surface area contributed by atoms with Gasteiger partial charge < -0.3 is 5.11 Å². The number of carbonyl (C=O) groups is 1. The highest BCUT2D eigenvalue weighted by atomic mass is 16.6. The summed E-state index contributed by atoms with van der Waals surface area (Å²) in [7, 11) is 0. The van der Waals surface area contributed by atoms with Gasteiger partial charge in [-0.1, -0.05) is 17.3 Å². The fourth-order valence-electron chi connectivity index (χ4n) is 2.14. The molecule has 126 valence electrons. The van der Waals surface area contributed by atoms with Gasteiger partial charge in [0.1, 0.15) is 17.8 Å². The van der Waals surface area contributed by atoms with Crippen LogP contribution in [0.25, 0.3) is 11.0 Å². The van der Waals surface area contributed by atoms with Gasteiger partial charge in [0.05, 0.1) is 16.7 Å². The van der Waals surface area contributed by atoms with E-state index in [4.69, 9.17) is 0 Å². The number of amides is 1. The molecule has 10 nitrogen and oxygen atoms in total. The van der Waals surface area contributed by atoms with Crippen LogP contribution in [-0.4, -0.2) is 37.1 Å². The zero-order valence-corrected chi connectivity index (χ0v) is 12.7. The summed E-state index contributed by atoms with van der Waals surface area (Å²) < 4.78 is 1.42. The number of nitro benzene ring substituents is 1. The van der Waals surface area contributed by atoms with Crippen molar-refractivity contribution < 1.29 is 14.8 Å². The molecule has 0 aliphatic heterocycles. The lowest BCUT2D eigenvalue weighted by Crippen LogP contribution is -2.23. The van der Waals surface area contributed by atoms with E-state index in [0.717, 1.165) is 12.3 Å². The largest absolute Gasteiger partial charge is 0.507 e. The number of nitrogens with one attached hydrogen (secondary N) is 1. The molecule has 1 heterocycles. The number of nitro groups is 1. The number of carbonyl (C=O) groups excluding carboxylic acids is 1. The third kappa shape index (κ3) is 3.58. The zero-order valence-electron chi connectivity index (χ0n) is 12.7. The monoisotopic (exact) mass is 340 g/mol. The lowest BCUT2D eigenvalue weighted by molar-refractivity contribution is -0.384. The molecule has 0 saturated carbocycles. The van der Waals surface area contributed by atoms with E-state index < -0.39 is 10.8 Å². The van der Waals surface area contributed by atoms with Crippen LogP contribution >= 0.6 is 0 Å². The molecule has 0 aliphatic rings. The van der Waals surface area contributed by atoms with Crippen LogP contribution in [0.1, 0.15) is 5.56 Å². The topological polar surface area (TPSA) is 136 Å². The first-order valence-corrected chi connectivity index (χ1v) is 7.12. The first kappa shape index (κ1) is 16.1. The van der Waals surface area contributed by atoms with Crippen LogP contribution in [0, 0.1) is 10.1 Å². The number of fused-ring (bicyclic) bond motifs is 1. The van der Waals surface area contributed by atoms with Crippen LogP contribution < -0.4 is 5.43 Å². The van der Waals surface area contributed by atoms with Crippen molar-refractivity contribution in [2.75, 3.05) is 0 Å². The van der Waals surface area contributed by atoms with Gasteiger partial charge in [0.15, 0.2) is 0 Å². The molecule has 0 radical (unpaired) electrons. The number of aromatic hydroxyl groups is 1. The fraction of sp³-hybridized carbons (Fsp3) is 0.0667. The lowest BCUT2D eigenvalue weighted by Gasteiger charge is -2.02. The third-order valence-electron chi connectivity index (χ3n) is 3.33. The van der Waals surface area contributed by atoms with Crippen molar-refractivity contribution >= 4 is 28.8 Å². The zero-order chi connectivity index (χ0) is 17.8. The average molecular weight is 340 g/mol. The van der Waals surface area contributed by atoms with Crippen LogP contribution in [0.5, 0.6) is 5.75 Å². The molecular weight excluding hydrogens is 328 g/mol. The van der Waals surface area contributed by atoms with Crippen molar-refractivity contribution in [2.24, 2.45) is 5.10 Å². The first-order valence-electron chi connectivity index (χ1n) is 7.12. The molecule has 0 unspecified atom stereocenters. The van der Waals surface area contributed by atoms with Crippen LogP contribution in [0.3, 0.4) is 0 Å². The first-order chi connectivity index (χ1) is 12.0. The molecule has 0 saturated heterocycles. The van der Waals surface area contributed by atoms with E-state index in [9.17, 15) is 20.0 Å². The Morgan fingerprint density at radius 1 is 1.36 bits per heavy atom. The Morgan fingerprint density at radius 2 is 2.16 bits per heavy atom. The smallest absolute Gasteiger partial charge is 0.270 e. The summed E-state index contributed by atoms with van der Waals surface area (Å²) in [6, 6.07) is 10.7. The molecule has 0 fully saturated rings. The number of hydrogen-bond acceptors (Lipinski definition) is 7. The second-order valence-electron chi connectivity index (χ2n) is 5.03. The highest BCUT2D eigenvalue weighted by Gasteiger charge is 2.10. The van der Waals surface area contributed by atoms with E-state index >= 15 is 0 Å². The van der Waals surface area contributed by atoms with Crippen molar-refractivity contribution in [1.29, 1.82) is 0 Å². The van der Waals surface area contributed by atoms with Gasteiger partial charge >= 0.3 is 0 Å². The van der Waals surface area contributed by atoms with E-state index in [1.165, 1.54) is 16.8 Å². The molecule has 25 heavy (non-hydrogen) atoms. The molecule has 0 aliphatic carbocycles. The Hall–Kier alpha value is -3.82. The van der Waals surface area contributed by atoms with Gasteiger partial charge in [0.25, 0.3) is 11.6 Å². The molecule has 0 spiro atoms.